The third-order valence-electron chi connectivity index (χ3n) is 5.70. The van der Waals surface area contributed by atoms with Crippen molar-refractivity contribution in [3.05, 3.63) is 66.7 Å². The number of rotatable bonds is 10. The molecule has 2 heterocycles. The molecule has 8 nitrogen and oxygen atoms in total. The minimum absolute atomic E-state index is 0. The van der Waals surface area contributed by atoms with Gasteiger partial charge in [0.05, 0.1) is 25.8 Å². The van der Waals surface area contributed by atoms with E-state index in [0.717, 1.165) is 53.6 Å². The molecule has 1 fully saturated rings. The number of hydrogen-bond acceptors (Lipinski definition) is 7. The van der Waals surface area contributed by atoms with Crippen LogP contribution in [0.4, 0.5) is 0 Å². The lowest BCUT2D eigenvalue weighted by atomic mass is 10.1. The minimum atomic E-state index is -0.628. The number of methoxy groups -OCH3 is 1. The molecule has 3 aromatic carbocycles. The number of aromatic amines is 1. The number of benzene rings is 3. The van der Waals surface area contributed by atoms with Crippen LogP contribution in [0.15, 0.2) is 66.7 Å². The Labute approximate surface area is 227 Å². The Kier molecular flexibility index (Phi) is 12.0. The van der Waals surface area contributed by atoms with Crippen molar-refractivity contribution < 1.29 is 29.1 Å². The fourth-order valence-corrected chi connectivity index (χ4v) is 3.91. The van der Waals surface area contributed by atoms with Gasteiger partial charge in [-0.1, -0.05) is 36.4 Å². The van der Waals surface area contributed by atoms with E-state index >= 15 is 0 Å². The summed E-state index contributed by atoms with van der Waals surface area (Å²) in [5.41, 5.74) is 2.09. The van der Waals surface area contributed by atoms with E-state index in [2.05, 4.69) is 26.1 Å². The first-order chi connectivity index (χ1) is 17.8. The van der Waals surface area contributed by atoms with E-state index in [1.165, 1.54) is 0 Å². The quantitative estimate of drug-likeness (QED) is 0.180. The molecule has 37 heavy (non-hydrogen) atoms. The van der Waals surface area contributed by atoms with Crippen LogP contribution in [0.1, 0.15) is 12.8 Å². The van der Waals surface area contributed by atoms with Crippen molar-refractivity contribution in [2.45, 2.75) is 18.9 Å². The molecule has 0 amide bonds. The molecule has 1 atom stereocenters. The highest BCUT2D eigenvalue weighted by Gasteiger charge is 2.11. The Bertz CT molecular complexity index is 1200. The molecule has 1 aliphatic rings. The van der Waals surface area contributed by atoms with Crippen molar-refractivity contribution in [1.29, 1.82) is 0 Å². The fraction of sp³-hybridized carbons (Fsp3) is 0.357. The summed E-state index contributed by atoms with van der Waals surface area (Å²) in [6.45, 7) is 3.26. The molecule has 0 saturated carbocycles. The second-order valence-corrected chi connectivity index (χ2v) is 8.37. The average molecular weight is 576 g/mol. The molecule has 1 aromatic heterocycles. The summed E-state index contributed by atoms with van der Waals surface area (Å²) in [4.78, 5) is 12.5. The van der Waals surface area contributed by atoms with Gasteiger partial charge < -0.3 is 29.6 Å². The summed E-state index contributed by atoms with van der Waals surface area (Å²) >= 11 is 0. The van der Waals surface area contributed by atoms with Gasteiger partial charge in [-0.05, 0) is 43.2 Å². The van der Waals surface area contributed by atoms with Crippen LogP contribution in [-0.2, 0) is 9.78 Å². The van der Waals surface area contributed by atoms with Gasteiger partial charge in [-0.25, -0.2) is 9.78 Å². The van der Waals surface area contributed by atoms with Crippen molar-refractivity contribution in [1.82, 2.24) is 10.3 Å². The third kappa shape index (κ3) is 8.34. The molecule has 5 rings (SSSR count). The third-order valence-corrected chi connectivity index (χ3v) is 5.70. The first-order valence-electron chi connectivity index (χ1n) is 12.3. The monoisotopic (exact) mass is 574 g/mol. The minimum Gasteiger partial charge on any atom is -0.493 e. The maximum absolute atomic E-state index is 10.3. The number of ether oxygens (including phenoxy) is 3. The Morgan fingerprint density at radius 3 is 2.27 bits per heavy atom. The van der Waals surface area contributed by atoms with E-state index in [0.29, 0.717) is 31.2 Å². The maximum Gasteiger partial charge on any atom is 0.161 e. The zero-order valence-corrected chi connectivity index (χ0v) is 22.7. The molecular formula is C28H35BrN2O6. The molecule has 1 unspecified atom stereocenters. The molecular weight excluding hydrogens is 540 g/mol. The van der Waals surface area contributed by atoms with Crippen molar-refractivity contribution in [3.63, 3.8) is 0 Å². The number of aliphatic hydroxyl groups excluding tert-OH is 1. The molecule has 9 heteroatoms. The molecule has 3 N–H and O–H groups in total. The smallest absolute Gasteiger partial charge is 0.161 e. The molecule has 200 valence electrons. The second-order valence-electron chi connectivity index (χ2n) is 8.37. The van der Waals surface area contributed by atoms with Crippen LogP contribution in [0.25, 0.3) is 21.8 Å². The lowest BCUT2D eigenvalue weighted by Crippen LogP contribution is -2.33. The van der Waals surface area contributed by atoms with Gasteiger partial charge in [0.25, 0.3) is 0 Å². The van der Waals surface area contributed by atoms with Crippen molar-refractivity contribution in [3.8, 4) is 17.2 Å². The van der Waals surface area contributed by atoms with Gasteiger partial charge in [0.1, 0.15) is 25.1 Å². The standard InChI is InChI=1S/C24H26N2O4.C4H8O2.BrH/c1-28-21-10-4-5-11-22(21)29-14-13-25-15-17(27)16-30-23-12-6-9-20-24(23)18-7-2-3-8-19(18)26-20;1-2-4-6-5-3-1;/h2-12,17,25-27H,13-16H2,1H3;1-4H2;1H. The van der Waals surface area contributed by atoms with E-state index in [1.807, 2.05) is 60.7 Å². The van der Waals surface area contributed by atoms with E-state index in [-0.39, 0.29) is 23.6 Å². The van der Waals surface area contributed by atoms with Gasteiger partial charge in [-0.2, -0.15) is 0 Å². The first kappa shape index (κ1) is 28.7. The van der Waals surface area contributed by atoms with Gasteiger partial charge in [-0.3, -0.25) is 0 Å². The fourth-order valence-electron chi connectivity index (χ4n) is 3.91. The highest BCUT2D eigenvalue weighted by Crippen LogP contribution is 2.33. The van der Waals surface area contributed by atoms with Crippen molar-refractivity contribution in [2.24, 2.45) is 0 Å². The Morgan fingerprint density at radius 1 is 0.865 bits per heavy atom. The van der Waals surface area contributed by atoms with Crippen LogP contribution in [0.3, 0.4) is 0 Å². The SMILES string of the molecule is Br.C1CCOOC1.COc1ccccc1OCCNCC(O)COc1cccc2[nH]c3ccccc3c12. The predicted octanol–water partition coefficient (Wildman–Crippen LogP) is 5.04. The summed E-state index contributed by atoms with van der Waals surface area (Å²) in [5.74, 6) is 2.18. The highest BCUT2D eigenvalue weighted by atomic mass is 79.9. The van der Waals surface area contributed by atoms with Crippen molar-refractivity contribution in [2.75, 3.05) is 46.6 Å². The number of aliphatic hydroxyl groups is 1. The van der Waals surface area contributed by atoms with Crippen LogP contribution in [0, 0.1) is 0 Å². The second kappa shape index (κ2) is 15.4. The number of fused-ring (bicyclic) bond motifs is 3. The van der Waals surface area contributed by atoms with Gasteiger partial charge in [0.15, 0.2) is 11.5 Å². The van der Waals surface area contributed by atoms with E-state index in [4.69, 9.17) is 14.2 Å². The summed E-state index contributed by atoms with van der Waals surface area (Å²) in [6.07, 6.45) is 1.68. The largest absolute Gasteiger partial charge is 0.493 e. The normalized spacial score (nSPS) is 13.8. The molecule has 4 aromatic rings. The molecule has 0 aliphatic carbocycles. The summed E-state index contributed by atoms with van der Waals surface area (Å²) < 4.78 is 16.9. The molecule has 1 aliphatic heterocycles. The van der Waals surface area contributed by atoms with Crippen molar-refractivity contribution >= 4 is 38.8 Å². The summed E-state index contributed by atoms with van der Waals surface area (Å²) in [6, 6.07) is 21.6. The van der Waals surface area contributed by atoms with Crippen LogP contribution >= 0.6 is 17.0 Å². The number of halogens is 1. The van der Waals surface area contributed by atoms with Gasteiger partial charge in [0.2, 0.25) is 0 Å². The first-order valence-corrected chi connectivity index (χ1v) is 12.3. The van der Waals surface area contributed by atoms with E-state index in [9.17, 15) is 5.11 Å². The Balaban J connectivity index is 0.000000479. The lowest BCUT2D eigenvalue weighted by molar-refractivity contribution is -0.312. The maximum atomic E-state index is 10.3. The molecule has 1 saturated heterocycles. The van der Waals surface area contributed by atoms with Gasteiger partial charge >= 0.3 is 0 Å². The van der Waals surface area contributed by atoms with Crippen LogP contribution < -0.4 is 19.5 Å². The Morgan fingerprint density at radius 2 is 1.54 bits per heavy atom. The molecule has 0 bridgehead atoms. The molecule has 0 spiro atoms. The topological polar surface area (TPSA) is 94.2 Å². The van der Waals surface area contributed by atoms with Gasteiger partial charge in [-0.15, -0.1) is 17.0 Å². The summed E-state index contributed by atoms with van der Waals surface area (Å²) in [7, 11) is 1.62. The van der Waals surface area contributed by atoms with Crippen LogP contribution in [0.2, 0.25) is 0 Å². The average Bonchev–Trinajstić information content (AvgIpc) is 3.32. The van der Waals surface area contributed by atoms with E-state index < -0.39 is 6.10 Å². The number of nitrogens with one attached hydrogen (secondary N) is 2. The highest BCUT2D eigenvalue weighted by molar-refractivity contribution is 8.93. The van der Waals surface area contributed by atoms with Gasteiger partial charge in [0, 0.05) is 29.4 Å². The zero-order chi connectivity index (χ0) is 25.0. The summed E-state index contributed by atoms with van der Waals surface area (Å²) in [5, 5.41) is 15.6. The zero-order valence-electron chi connectivity index (χ0n) is 21.0. The number of hydrogen-bond donors (Lipinski definition) is 3. The number of aromatic nitrogens is 1. The Hall–Kier alpha value is -2.82. The molecule has 0 radical (unpaired) electrons. The van der Waals surface area contributed by atoms with Crippen LogP contribution in [-0.4, -0.2) is 62.8 Å². The van der Waals surface area contributed by atoms with Crippen LogP contribution in [0.5, 0.6) is 17.2 Å². The van der Waals surface area contributed by atoms with E-state index in [1.54, 1.807) is 7.11 Å². The lowest BCUT2D eigenvalue weighted by Gasteiger charge is -2.15. The number of H-pyrrole nitrogens is 1. The predicted molar refractivity (Wildman–Crippen MR) is 150 cm³/mol. The number of para-hydroxylation sites is 3.